The summed E-state index contributed by atoms with van der Waals surface area (Å²) >= 11 is 0. The highest BCUT2D eigenvalue weighted by Crippen LogP contribution is 2.27. The fourth-order valence-corrected chi connectivity index (χ4v) is 2.61. The number of anilines is 2. The molecule has 5 heteroatoms. The van der Waals surface area contributed by atoms with E-state index in [0.29, 0.717) is 11.8 Å². The molecule has 0 fully saturated rings. The normalized spacial score (nSPS) is 11.9. The topological polar surface area (TPSA) is 76.7 Å². The van der Waals surface area contributed by atoms with Gasteiger partial charge in [-0.3, -0.25) is 4.98 Å². The maximum atomic E-state index is 6.14. The number of benzene rings is 1. The quantitative estimate of drug-likeness (QED) is 0.729. The van der Waals surface area contributed by atoms with Gasteiger partial charge in [0.05, 0.1) is 0 Å². The Morgan fingerprint density at radius 2 is 1.92 bits per heavy atom. The molecular weight excluding hydrogens is 298 g/mol. The van der Waals surface area contributed by atoms with Crippen LogP contribution in [-0.2, 0) is 6.42 Å². The van der Waals surface area contributed by atoms with Gasteiger partial charge in [0, 0.05) is 36.6 Å². The van der Waals surface area contributed by atoms with E-state index in [1.807, 2.05) is 36.7 Å². The second kappa shape index (κ2) is 7.55. The minimum Gasteiger partial charge on any atom is -0.383 e. The third-order valence-electron chi connectivity index (χ3n) is 4.03. The van der Waals surface area contributed by atoms with Gasteiger partial charge in [-0.05, 0) is 23.6 Å². The zero-order valence-corrected chi connectivity index (χ0v) is 13.7. The van der Waals surface area contributed by atoms with E-state index in [1.54, 1.807) is 6.20 Å². The van der Waals surface area contributed by atoms with Gasteiger partial charge in [0.2, 0.25) is 5.95 Å². The number of rotatable bonds is 6. The number of aromatic nitrogens is 3. The van der Waals surface area contributed by atoms with Crippen LogP contribution in [0.3, 0.4) is 0 Å². The van der Waals surface area contributed by atoms with Crippen LogP contribution in [0.5, 0.6) is 0 Å². The molecule has 0 saturated heterocycles. The van der Waals surface area contributed by atoms with E-state index >= 15 is 0 Å². The number of hydrogen-bond donors (Lipinski definition) is 2. The lowest BCUT2D eigenvalue weighted by molar-refractivity contribution is 0.895. The number of nitrogen functional groups attached to an aromatic ring is 1. The average molecular weight is 319 g/mol. The highest BCUT2D eigenvalue weighted by molar-refractivity contribution is 5.48. The fraction of sp³-hybridized carbons (Fsp3) is 0.211. The van der Waals surface area contributed by atoms with Crippen LogP contribution in [-0.4, -0.2) is 21.5 Å². The van der Waals surface area contributed by atoms with Crippen molar-refractivity contribution in [2.24, 2.45) is 0 Å². The molecule has 24 heavy (non-hydrogen) atoms. The Kier molecular flexibility index (Phi) is 5.01. The first-order valence-corrected chi connectivity index (χ1v) is 8.04. The molecule has 1 aromatic carbocycles. The molecule has 0 radical (unpaired) electrons. The van der Waals surface area contributed by atoms with E-state index in [4.69, 9.17) is 5.73 Å². The van der Waals surface area contributed by atoms with Gasteiger partial charge in [-0.15, -0.1) is 0 Å². The molecule has 0 aliphatic rings. The first kappa shape index (κ1) is 15.9. The van der Waals surface area contributed by atoms with E-state index in [-0.39, 0.29) is 5.92 Å². The molecule has 0 spiro atoms. The zero-order chi connectivity index (χ0) is 16.8. The first-order valence-electron chi connectivity index (χ1n) is 8.04. The number of pyridine rings is 1. The molecule has 0 saturated carbocycles. The lowest BCUT2D eigenvalue weighted by Crippen LogP contribution is -2.11. The van der Waals surface area contributed by atoms with Crippen molar-refractivity contribution in [3.63, 3.8) is 0 Å². The Morgan fingerprint density at radius 3 is 2.62 bits per heavy atom. The lowest BCUT2D eigenvalue weighted by atomic mass is 9.95. The van der Waals surface area contributed by atoms with Crippen molar-refractivity contribution in [1.29, 1.82) is 0 Å². The SMILES string of the molecule is CC(c1ccccc1)c1cnc(NCCc2cccnc2)nc1N. The monoisotopic (exact) mass is 319 g/mol. The van der Waals surface area contributed by atoms with Gasteiger partial charge in [-0.1, -0.05) is 43.3 Å². The Hall–Kier alpha value is -2.95. The molecule has 2 heterocycles. The van der Waals surface area contributed by atoms with Crippen LogP contribution >= 0.6 is 0 Å². The molecule has 5 nitrogen and oxygen atoms in total. The Balaban J connectivity index is 1.64. The Morgan fingerprint density at radius 1 is 1.08 bits per heavy atom. The third-order valence-corrected chi connectivity index (χ3v) is 4.03. The summed E-state index contributed by atoms with van der Waals surface area (Å²) in [7, 11) is 0. The number of hydrogen-bond acceptors (Lipinski definition) is 5. The van der Waals surface area contributed by atoms with Gasteiger partial charge < -0.3 is 11.1 Å². The van der Waals surface area contributed by atoms with Gasteiger partial charge in [0.15, 0.2) is 0 Å². The summed E-state index contributed by atoms with van der Waals surface area (Å²) < 4.78 is 0. The molecular formula is C19H21N5. The largest absolute Gasteiger partial charge is 0.383 e. The highest BCUT2D eigenvalue weighted by Gasteiger charge is 2.13. The molecule has 0 amide bonds. The van der Waals surface area contributed by atoms with Crippen LogP contribution in [0.4, 0.5) is 11.8 Å². The van der Waals surface area contributed by atoms with Crippen LogP contribution in [0.15, 0.2) is 61.1 Å². The van der Waals surface area contributed by atoms with Gasteiger partial charge in [0.1, 0.15) is 5.82 Å². The highest BCUT2D eigenvalue weighted by atomic mass is 15.1. The molecule has 2 aromatic heterocycles. The summed E-state index contributed by atoms with van der Waals surface area (Å²) in [6.45, 7) is 2.85. The minimum absolute atomic E-state index is 0.163. The maximum Gasteiger partial charge on any atom is 0.224 e. The predicted molar refractivity (Wildman–Crippen MR) is 96.8 cm³/mol. The van der Waals surface area contributed by atoms with E-state index in [9.17, 15) is 0 Å². The fourth-order valence-electron chi connectivity index (χ4n) is 2.61. The summed E-state index contributed by atoms with van der Waals surface area (Å²) in [5.41, 5.74) is 9.46. The molecule has 0 aliphatic carbocycles. The molecule has 0 aliphatic heterocycles. The Bertz CT molecular complexity index is 774. The van der Waals surface area contributed by atoms with E-state index in [0.717, 1.165) is 18.5 Å². The van der Waals surface area contributed by atoms with Crippen molar-refractivity contribution in [3.05, 3.63) is 77.7 Å². The van der Waals surface area contributed by atoms with Crippen molar-refractivity contribution < 1.29 is 0 Å². The summed E-state index contributed by atoms with van der Waals surface area (Å²) in [5.74, 6) is 1.24. The van der Waals surface area contributed by atoms with Crippen LogP contribution in [0.1, 0.15) is 29.5 Å². The summed E-state index contributed by atoms with van der Waals surface area (Å²) in [6, 6.07) is 14.2. The second-order valence-electron chi connectivity index (χ2n) is 5.70. The minimum atomic E-state index is 0.163. The lowest BCUT2D eigenvalue weighted by Gasteiger charge is -2.14. The van der Waals surface area contributed by atoms with Crippen LogP contribution in [0.2, 0.25) is 0 Å². The van der Waals surface area contributed by atoms with Crippen molar-refractivity contribution in [2.45, 2.75) is 19.3 Å². The van der Waals surface area contributed by atoms with Crippen LogP contribution in [0.25, 0.3) is 0 Å². The number of nitrogens with zero attached hydrogens (tertiary/aromatic N) is 3. The van der Waals surface area contributed by atoms with Gasteiger partial charge in [-0.2, -0.15) is 4.98 Å². The first-order chi connectivity index (χ1) is 11.7. The third kappa shape index (κ3) is 3.87. The number of nitrogens with two attached hydrogens (primary N) is 1. The average Bonchev–Trinajstić information content (AvgIpc) is 2.63. The molecule has 0 bridgehead atoms. The van der Waals surface area contributed by atoms with Crippen molar-refractivity contribution in [1.82, 2.24) is 15.0 Å². The molecule has 3 rings (SSSR count). The summed E-state index contributed by atoms with van der Waals surface area (Å²) in [5, 5.41) is 3.21. The Labute approximate surface area is 142 Å². The molecule has 1 unspecified atom stereocenters. The zero-order valence-electron chi connectivity index (χ0n) is 13.7. The summed E-state index contributed by atoms with van der Waals surface area (Å²) in [6.07, 6.45) is 6.31. The molecule has 3 aromatic rings. The molecule has 3 N–H and O–H groups in total. The standard InChI is InChI=1S/C19H21N5/c1-14(16-7-3-2-4-8-16)17-13-23-19(24-18(17)20)22-11-9-15-6-5-10-21-12-15/h2-8,10,12-14H,9,11H2,1H3,(H3,20,22,23,24). The van der Waals surface area contributed by atoms with Crippen LogP contribution < -0.4 is 11.1 Å². The van der Waals surface area contributed by atoms with E-state index in [1.165, 1.54) is 11.1 Å². The van der Waals surface area contributed by atoms with Crippen molar-refractivity contribution in [2.75, 3.05) is 17.6 Å². The molecule has 122 valence electrons. The predicted octanol–water partition coefficient (Wildman–Crippen LogP) is 3.26. The maximum absolute atomic E-state index is 6.14. The second-order valence-corrected chi connectivity index (χ2v) is 5.70. The van der Waals surface area contributed by atoms with Gasteiger partial charge in [0.25, 0.3) is 0 Å². The summed E-state index contributed by atoms with van der Waals surface area (Å²) in [4.78, 5) is 12.9. The number of nitrogens with one attached hydrogen (secondary N) is 1. The van der Waals surface area contributed by atoms with Gasteiger partial charge >= 0.3 is 0 Å². The van der Waals surface area contributed by atoms with Crippen LogP contribution in [0, 0.1) is 0 Å². The van der Waals surface area contributed by atoms with Crippen molar-refractivity contribution >= 4 is 11.8 Å². The van der Waals surface area contributed by atoms with E-state index < -0.39 is 0 Å². The van der Waals surface area contributed by atoms with E-state index in [2.05, 4.69) is 45.4 Å². The van der Waals surface area contributed by atoms with Gasteiger partial charge in [-0.25, -0.2) is 4.98 Å². The smallest absolute Gasteiger partial charge is 0.224 e. The molecule has 1 atom stereocenters. The van der Waals surface area contributed by atoms with Crippen molar-refractivity contribution in [3.8, 4) is 0 Å².